The summed E-state index contributed by atoms with van der Waals surface area (Å²) in [5.74, 6) is 1.14. The second kappa shape index (κ2) is 7.59. The Morgan fingerprint density at radius 1 is 1.22 bits per heavy atom. The quantitative estimate of drug-likeness (QED) is 0.468. The van der Waals surface area contributed by atoms with Crippen LogP contribution >= 0.6 is 15.9 Å². The van der Waals surface area contributed by atoms with Crippen LogP contribution in [0.4, 0.5) is 11.4 Å². The number of nitro benzene ring substituents is 1. The van der Waals surface area contributed by atoms with Crippen molar-refractivity contribution in [1.82, 2.24) is 0 Å². The first-order chi connectivity index (χ1) is 11.0. The van der Waals surface area contributed by atoms with Gasteiger partial charge in [-0.15, -0.1) is 0 Å². The average Bonchev–Trinajstić information content (AvgIpc) is 2.54. The van der Waals surface area contributed by atoms with E-state index in [4.69, 9.17) is 9.47 Å². The molecule has 0 aliphatic carbocycles. The molecule has 2 aromatic carbocycles. The Hall–Kier alpha value is -2.61. The van der Waals surface area contributed by atoms with E-state index in [0.29, 0.717) is 22.7 Å². The van der Waals surface area contributed by atoms with Crippen LogP contribution in [0.3, 0.4) is 0 Å². The summed E-state index contributed by atoms with van der Waals surface area (Å²) in [7, 11) is 3.10. The number of nitro groups is 1. The Morgan fingerprint density at radius 3 is 2.48 bits per heavy atom. The minimum Gasteiger partial charge on any atom is -0.493 e. The maximum atomic E-state index is 10.6. The van der Waals surface area contributed by atoms with Crippen molar-refractivity contribution < 1.29 is 14.4 Å². The number of hydrogen-bond acceptors (Lipinski definition) is 6. The van der Waals surface area contributed by atoms with Crippen molar-refractivity contribution in [3.05, 3.63) is 56.5 Å². The van der Waals surface area contributed by atoms with Crippen LogP contribution < -0.4 is 14.9 Å². The number of benzene rings is 2. The number of ether oxygens (including phenoxy) is 2. The van der Waals surface area contributed by atoms with Gasteiger partial charge in [-0.05, 0) is 24.3 Å². The summed E-state index contributed by atoms with van der Waals surface area (Å²) in [6.07, 6.45) is 1.58. The predicted molar refractivity (Wildman–Crippen MR) is 91.6 cm³/mol. The molecule has 0 radical (unpaired) electrons. The van der Waals surface area contributed by atoms with E-state index >= 15 is 0 Å². The molecule has 0 aliphatic rings. The summed E-state index contributed by atoms with van der Waals surface area (Å²) in [5.41, 5.74) is 4.18. The van der Waals surface area contributed by atoms with Crippen LogP contribution in [-0.4, -0.2) is 25.4 Å². The molecule has 0 bridgehead atoms. The first-order valence-corrected chi connectivity index (χ1v) is 7.29. The Bertz CT molecular complexity index is 732. The molecule has 0 aromatic heterocycles. The molecule has 23 heavy (non-hydrogen) atoms. The van der Waals surface area contributed by atoms with Crippen molar-refractivity contribution in [3.63, 3.8) is 0 Å². The van der Waals surface area contributed by atoms with E-state index in [1.165, 1.54) is 12.1 Å². The molecule has 2 aromatic rings. The number of non-ortho nitro benzene ring substituents is 1. The van der Waals surface area contributed by atoms with Gasteiger partial charge in [0.25, 0.3) is 5.69 Å². The van der Waals surface area contributed by atoms with Gasteiger partial charge in [0, 0.05) is 22.2 Å². The van der Waals surface area contributed by atoms with Gasteiger partial charge in [-0.2, -0.15) is 5.10 Å². The lowest BCUT2D eigenvalue weighted by molar-refractivity contribution is -0.384. The maximum absolute atomic E-state index is 10.6. The fourth-order valence-electron chi connectivity index (χ4n) is 1.89. The number of hydrazone groups is 1. The van der Waals surface area contributed by atoms with Crippen LogP contribution in [0.5, 0.6) is 11.5 Å². The lowest BCUT2D eigenvalue weighted by atomic mass is 10.2. The van der Waals surface area contributed by atoms with Crippen molar-refractivity contribution in [2.45, 2.75) is 0 Å². The molecular weight excluding hydrogens is 366 g/mol. The third-order valence-corrected chi connectivity index (χ3v) is 3.41. The van der Waals surface area contributed by atoms with Crippen LogP contribution in [0.1, 0.15) is 5.56 Å². The molecule has 0 spiro atoms. The number of rotatable bonds is 6. The van der Waals surface area contributed by atoms with E-state index in [9.17, 15) is 10.1 Å². The topological polar surface area (TPSA) is 86.0 Å². The summed E-state index contributed by atoms with van der Waals surface area (Å²) in [6.45, 7) is 0. The van der Waals surface area contributed by atoms with Crippen LogP contribution in [0.25, 0.3) is 0 Å². The summed E-state index contributed by atoms with van der Waals surface area (Å²) in [6, 6.07) is 9.59. The number of anilines is 1. The minimum atomic E-state index is -0.453. The van der Waals surface area contributed by atoms with Crippen molar-refractivity contribution in [3.8, 4) is 11.5 Å². The molecule has 1 N–H and O–H groups in total. The molecule has 0 saturated carbocycles. The molecule has 8 heteroatoms. The highest BCUT2D eigenvalue weighted by Gasteiger charge is 2.10. The van der Waals surface area contributed by atoms with Crippen molar-refractivity contribution in [2.24, 2.45) is 5.10 Å². The highest BCUT2D eigenvalue weighted by molar-refractivity contribution is 9.10. The monoisotopic (exact) mass is 379 g/mol. The fourth-order valence-corrected chi connectivity index (χ4v) is 2.34. The van der Waals surface area contributed by atoms with E-state index < -0.39 is 4.92 Å². The van der Waals surface area contributed by atoms with E-state index in [2.05, 4.69) is 26.5 Å². The number of nitrogens with zero attached hydrogens (tertiary/aromatic N) is 2. The zero-order chi connectivity index (χ0) is 16.8. The normalized spacial score (nSPS) is 10.6. The first kappa shape index (κ1) is 16.8. The maximum Gasteiger partial charge on any atom is 0.269 e. The summed E-state index contributed by atoms with van der Waals surface area (Å²) >= 11 is 3.39. The fraction of sp³-hybridized carbons (Fsp3) is 0.133. The third kappa shape index (κ3) is 4.19. The molecule has 2 rings (SSSR count). The van der Waals surface area contributed by atoms with Gasteiger partial charge in [0.15, 0.2) is 11.5 Å². The molecule has 0 aliphatic heterocycles. The van der Waals surface area contributed by atoms with Gasteiger partial charge >= 0.3 is 0 Å². The zero-order valence-electron chi connectivity index (χ0n) is 12.4. The molecule has 0 heterocycles. The van der Waals surface area contributed by atoms with Gasteiger partial charge in [-0.1, -0.05) is 15.9 Å². The van der Waals surface area contributed by atoms with Gasteiger partial charge in [0.1, 0.15) is 0 Å². The molecule has 7 nitrogen and oxygen atoms in total. The predicted octanol–water partition coefficient (Wildman–Crippen LogP) is 3.82. The Kier molecular flexibility index (Phi) is 5.53. The van der Waals surface area contributed by atoms with Gasteiger partial charge in [0.05, 0.1) is 31.0 Å². The molecular formula is C15H14BrN3O4. The van der Waals surface area contributed by atoms with Crippen LogP contribution in [0.15, 0.2) is 46.0 Å². The van der Waals surface area contributed by atoms with Gasteiger partial charge in [-0.25, -0.2) is 0 Å². The molecule has 0 saturated heterocycles. The molecule has 0 amide bonds. The molecule has 0 atom stereocenters. The Balaban J connectivity index is 2.17. The Labute approximate surface area is 141 Å². The van der Waals surface area contributed by atoms with Crippen LogP contribution in [-0.2, 0) is 0 Å². The second-order valence-electron chi connectivity index (χ2n) is 4.40. The number of hydrogen-bond donors (Lipinski definition) is 1. The van der Waals surface area contributed by atoms with E-state index in [0.717, 1.165) is 4.47 Å². The largest absolute Gasteiger partial charge is 0.493 e. The number of halogens is 1. The summed E-state index contributed by atoms with van der Waals surface area (Å²) in [4.78, 5) is 10.1. The highest BCUT2D eigenvalue weighted by Crippen LogP contribution is 2.33. The molecule has 0 fully saturated rings. The van der Waals surface area contributed by atoms with Crippen LogP contribution in [0.2, 0.25) is 0 Å². The second-order valence-corrected chi connectivity index (χ2v) is 5.32. The minimum absolute atomic E-state index is 0.0259. The lowest BCUT2D eigenvalue weighted by Crippen LogP contribution is -1.97. The van der Waals surface area contributed by atoms with Gasteiger partial charge < -0.3 is 9.47 Å². The third-order valence-electron chi connectivity index (χ3n) is 2.95. The SMILES string of the molecule is COc1cc(Br)cc(/C=N/Nc2ccc([N+](=O)[O-])cc2)c1OC. The number of nitrogens with one attached hydrogen (secondary N) is 1. The standard InChI is InChI=1S/C15H14BrN3O4/c1-22-14-8-11(16)7-10(15(14)23-2)9-17-18-12-3-5-13(6-4-12)19(20)21/h3-9,18H,1-2H3/b17-9+. The van der Waals surface area contributed by atoms with Crippen molar-refractivity contribution >= 4 is 33.5 Å². The van der Waals surface area contributed by atoms with Gasteiger partial charge in [0.2, 0.25) is 0 Å². The lowest BCUT2D eigenvalue weighted by Gasteiger charge is -2.10. The zero-order valence-corrected chi connectivity index (χ0v) is 14.0. The van der Waals surface area contributed by atoms with Gasteiger partial charge in [-0.3, -0.25) is 15.5 Å². The van der Waals surface area contributed by atoms with Crippen LogP contribution in [0, 0.1) is 10.1 Å². The van der Waals surface area contributed by atoms with E-state index in [-0.39, 0.29) is 5.69 Å². The smallest absolute Gasteiger partial charge is 0.269 e. The van der Waals surface area contributed by atoms with E-state index in [1.54, 1.807) is 38.6 Å². The summed E-state index contributed by atoms with van der Waals surface area (Å²) < 4.78 is 11.4. The van der Waals surface area contributed by atoms with Crippen molar-refractivity contribution in [2.75, 3.05) is 19.6 Å². The molecule has 0 unspecified atom stereocenters. The number of methoxy groups -OCH3 is 2. The molecule has 120 valence electrons. The van der Waals surface area contributed by atoms with Crippen molar-refractivity contribution in [1.29, 1.82) is 0 Å². The summed E-state index contributed by atoms with van der Waals surface area (Å²) in [5, 5.41) is 14.7. The Morgan fingerprint density at radius 2 is 1.91 bits per heavy atom. The van der Waals surface area contributed by atoms with E-state index in [1.807, 2.05) is 6.07 Å². The highest BCUT2D eigenvalue weighted by atomic mass is 79.9. The average molecular weight is 380 g/mol. The first-order valence-electron chi connectivity index (χ1n) is 6.50.